The van der Waals surface area contributed by atoms with Gasteiger partial charge in [0, 0.05) is 21.8 Å². The van der Waals surface area contributed by atoms with Crippen molar-refractivity contribution < 1.29 is 9.84 Å². The molecule has 0 saturated heterocycles. The third-order valence-corrected chi connectivity index (χ3v) is 4.50. The lowest BCUT2D eigenvalue weighted by atomic mass is 10.0. The highest BCUT2D eigenvalue weighted by Gasteiger charge is 2.16. The number of anilines is 1. The number of methoxy groups -OCH3 is 1. The third kappa shape index (κ3) is 3.80. The number of benzene rings is 2. The predicted molar refractivity (Wildman–Crippen MR) is 105 cm³/mol. The number of pyridine rings is 1. The maximum atomic E-state index is 9.80. The van der Waals surface area contributed by atoms with Gasteiger partial charge in [0.15, 0.2) is 0 Å². The molecule has 0 saturated carbocycles. The smallest absolute Gasteiger partial charge is 0.119 e. The van der Waals surface area contributed by atoms with Crippen molar-refractivity contribution in [2.45, 2.75) is 26.3 Å². The molecule has 132 valence electrons. The summed E-state index contributed by atoms with van der Waals surface area (Å²) in [5, 5.41) is 15.9. The number of aromatic nitrogens is 1. The van der Waals surface area contributed by atoms with E-state index in [-0.39, 0.29) is 12.6 Å². The molecule has 3 rings (SSSR count). The van der Waals surface area contributed by atoms with Crippen LogP contribution in [0.25, 0.3) is 21.8 Å². The van der Waals surface area contributed by atoms with E-state index in [0.717, 1.165) is 39.7 Å². The molecule has 0 amide bonds. The molecule has 1 heterocycles. The van der Waals surface area contributed by atoms with E-state index in [1.165, 1.54) is 0 Å². The zero-order valence-corrected chi connectivity index (χ0v) is 15.5. The minimum atomic E-state index is -0.0318. The van der Waals surface area contributed by atoms with Crippen LogP contribution in [0.2, 0.25) is 5.02 Å². The fraction of sp³-hybridized carbons (Fsp3) is 0.350. The number of fused-ring (bicyclic) bond motifs is 2. The van der Waals surface area contributed by atoms with Crippen LogP contribution in [-0.2, 0) is 0 Å². The summed E-state index contributed by atoms with van der Waals surface area (Å²) in [5.41, 5.74) is 2.64. The van der Waals surface area contributed by atoms with Gasteiger partial charge in [0.2, 0.25) is 0 Å². The van der Waals surface area contributed by atoms with E-state index in [1.54, 1.807) is 7.11 Å². The van der Waals surface area contributed by atoms with E-state index in [2.05, 4.69) is 19.2 Å². The Kier molecular flexibility index (Phi) is 5.30. The number of aliphatic hydroxyl groups is 1. The van der Waals surface area contributed by atoms with Crippen LogP contribution < -0.4 is 10.1 Å². The fourth-order valence-corrected chi connectivity index (χ4v) is 3.30. The van der Waals surface area contributed by atoms with Gasteiger partial charge in [-0.15, -0.1) is 0 Å². The Bertz CT molecular complexity index is 896. The Balaban J connectivity index is 2.22. The van der Waals surface area contributed by atoms with Gasteiger partial charge in [0.1, 0.15) is 5.75 Å². The van der Waals surface area contributed by atoms with Crippen LogP contribution in [0.1, 0.15) is 20.3 Å². The van der Waals surface area contributed by atoms with Gasteiger partial charge in [-0.1, -0.05) is 25.4 Å². The topological polar surface area (TPSA) is 54.4 Å². The van der Waals surface area contributed by atoms with Gasteiger partial charge >= 0.3 is 0 Å². The number of hydrogen-bond donors (Lipinski definition) is 2. The van der Waals surface area contributed by atoms with E-state index in [1.807, 2.05) is 36.4 Å². The Hall–Kier alpha value is -2.04. The summed E-state index contributed by atoms with van der Waals surface area (Å²) in [4.78, 5) is 4.73. The molecule has 1 aromatic heterocycles. The van der Waals surface area contributed by atoms with Crippen molar-refractivity contribution >= 4 is 39.1 Å². The first-order valence-corrected chi connectivity index (χ1v) is 8.84. The molecule has 2 aromatic carbocycles. The van der Waals surface area contributed by atoms with E-state index < -0.39 is 0 Å². The van der Waals surface area contributed by atoms with Crippen molar-refractivity contribution in [1.29, 1.82) is 0 Å². The van der Waals surface area contributed by atoms with Gasteiger partial charge in [0.05, 0.1) is 30.4 Å². The van der Waals surface area contributed by atoms with Crippen molar-refractivity contribution in [2.24, 2.45) is 5.92 Å². The summed E-state index contributed by atoms with van der Waals surface area (Å²) in [5.74, 6) is 1.25. The number of nitrogens with zero attached hydrogens (tertiary/aromatic N) is 1. The average Bonchev–Trinajstić information content (AvgIpc) is 2.59. The van der Waals surface area contributed by atoms with Crippen molar-refractivity contribution in [3.8, 4) is 5.75 Å². The van der Waals surface area contributed by atoms with Gasteiger partial charge in [-0.25, -0.2) is 4.98 Å². The first kappa shape index (κ1) is 17.8. The summed E-state index contributed by atoms with van der Waals surface area (Å²) in [6.45, 7) is 4.37. The summed E-state index contributed by atoms with van der Waals surface area (Å²) >= 11 is 6.15. The van der Waals surface area contributed by atoms with Crippen LogP contribution in [0.15, 0.2) is 36.4 Å². The number of ether oxygens (including phenoxy) is 1. The molecule has 3 aromatic rings. The lowest BCUT2D eigenvalue weighted by Crippen LogP contribution is -2.25. The van der Waals surface area contributed by atoms with Gasteiger partial charge in [0.25, 0.3) is 0 Å². The van der Waals surface area contributed by atoms with Gasteiger partial charge in [-0.05, 0) is 48.7 Å². The van der Waals surface area contributed by atoms with E-state index >= 15 is 0 Å². The number of hydrogen-bond acceptors (Lipinski definition) is 4. The van der Waals surface area contributed by atoms with Gasteiger partial charge < -0.3 is 15.2 Å². The minimum Gasteiger partial charge on any atom is -0.497 e. The largest absolute Gasteiger partial charge is 0.497 e. The fourth-order valence-electron chi connectivity index (χ4n) is 3.13. The van der Waals surface area contributed by atoms with Crippen LogP contribution in [-0.4, -0.2) is 29.8 Å². The third-order valence-electron chi connectivity index (χ3n) is 4.27. The second kappa shape index (κ2) is 7.46. The van der Waals surface area contributed by atoms with E-state index in [4.69, 9.17) is 21.3 Å². The molecule has 1 atom stereocenters. The van der Waals surface area contributed by atoms with Crippen molar-refractivity contribution in [3.63, 3.8) is 0 Å². The first-order valence-electron chi connectivity index (χ1n) is 8.46. The number of aliphatic hydroxyl groups excluding tert-OH is 1. The Morgan fingerprint density at radius 1 is 1.12 bits per heavy atom. The lowest BCUT2D eigenvalue weighted by molar-refractivity contribution is 0.259. The first-order chi connectivity index (χ1) is 12.0. The number of nitrogens with one attached hydrogen (secondary N) is 1. The quantitative estimate of drug-likeness (QED) is 0.617. The van der Waals surface area contributed by atoms with Crippen LogP contribution >= 0.6 is 11.6 Å². The monoisotopic (exact) mass is 358 g/mol. The van der Waals surface area contributed by atoms with Gasteiger partial charge in [-0.3, -0.25) is 0 Å². The molecule has 2 N–H and O–H groups in total. The summed E-state index contributed by atoms with van der Waals surface area (Å²) in [6.07, 6.45) is 0.874. The summed E-state index contributed by atoms with van der Waals surface area (Å²) in [6, 6.07) is 11.5. The van der Waals surface area contributed by atoms with E-state index in [0.29, 0.717) is 10.9 Å². The van der Waals surface area contributed by atoms with E-state index in [9.17, 15) is 5.11 Å². The molecule has 0 aliphatic carbocycles. The highest BCUT2D eigenvalue weighted by Crippen LogP contribution is 2.35. The lowest BCUT2D eigenvalue weighted by Gasteiger charge is -2.22. The molecule has 0 fully saturated rings. The molecule has 0 aliphatic rings. The molecule has 4 nitrogen and oxygen atoms in total. The van der Waals surface area contributed by atoms with Crippen LogP contribution in [0.3, 0.4) is 0 Å². The number of rotatable bonds is 6. The van der Waals surface area contributed by atoms with Crippen LogP contribution in [0, 0.1) is 5.92 Å². The highest BCUT2D eigenvalue weighted by molar-refractivity contribution is 6.31. The van der Waals surface area contributed by atoms with Gasteiger partial charge in [-0.2, -0.15) is 0 Å². The highest BCUT2D eigenvalue weighted by atomic mass is 35.5. The predicted octanol–water partition coefficient (Wildman–Crippen LogP) is 4.87. The number of halogens is 1. The minimum absolute atomic E-state index is 0.0318. The molecule has 25 heavy (non-hydrogen) atoms. The maximum Gasteiger partial charge on any atom is 0.119 e. The Labute approximate surface area is 152 Å². The normalized spacial score (nSPS) is 12.7. The standard InChI is InChI=1S/C20H23ClN2O2/c1-12(2)8-14(11-24)22-20-16-6-4-13(21)9-19(16)23-18-7-5-15(25-3)10-17(18)20/h4-7,9-10,12,14,24H,8,11H2,1-3H3,(H,22,23)/t14-/m1/s1. The summed E-state index contributed by atoms with van der Waals surface area (Å²) in [7, 11) is 1.65. The Morgan fingerprint density at radius 3 is 2.60 bits per heavy atom. The maximum absolute atomic E-state index is 9.80. The second-order valence-electron chi connectivity index (χ2n) is 6.68. The molecular weight excluding hydrogens is 336 g/mol. The zero-order chi connectivity index (χ0) is 18.0. The second-order valence-corrected chi connectivity index (χ2v) is 7.12. The zero-order valence-electron chi connectivity index (χ0n) is 14.7. The molecule has 0 bridgehead atoms. The van der Waals surface area contributed by atoms with Crippen molar-refractivity contribution in [2.75, 3.05) is 19.0 Å². The van der Waals surface area contributed by atoms with Crippen molar-refractivity contribution in [1.82, 2.24) is 4.98 Å². The molecule has 0 spiro atoms. The molecular formula is C20H23ClN2O2. The molecule has 0 unspecified atom stereocenters. The summed E-state index contributed by atoms with van der Waals surface area (Å²) < 4.78 is 5.38. The van der Waals surface area contributed by atoms with Crippen LogP contribution in [0.4, 0.5) is 5.69 Å². The molecule has 0 aliphatic heterocycles. The average molecular weight is 359 g/mol. The van der Waals surface area contributed by atoms with Crippen molar-refractivity contribution in [3.05, 3.63) is 41.4 Å². The molecule has 5 heteroatoms. The Morgan fingerprint density at radius 2 is 1.92 bits per heavy atom. The molecule has 0 radical (unpaired) electrons. The SMILES string of the molecule is COc1ccc2nc3cc(Cl)ccc3c(N[C@@H](CO)CC(C)C)c2c1. The van der Waals surface area contributed by atoms with Crippen LogP contribution in [0.5, 0.6) is 5.75 Å².